The van der Waals surface area contributed by atoms with Crippen LogP contribution in [-0.4, -0.2) is 0 Å². The van der Waals surface area contributed by atoms with Gasteiger partial charge in [0.25, 0.3) is 0 Å². The van der Waals surface area contributed by atoms with E-state index in [4.69, 9.17) is 0 Å². The number of hydrogen-bond acceptors (Lipinski definition) is 1. The van der Waals surface area contributed by atoms with Crippen LogP contribution in [0.15, 0.2) is 36.4 Å². The van der Waals surface area contributed by atoms with Gasteiger partial charge in [-0.3, -0.25) is 0 Å². The fourth-order valence-electron chi connectivity index (χ4n) is 1.75. The predicted octanol–water partition coefficient (Wildman–Crippen LogP) is 5.04. The number of hydrogen-bond donors (Lipinski definition) is 0. The molecule has 1 atom stereocenters. The summed E-state index contributed by atoms with van der Waals surface area (Å²) < 4.78 is 0. The minimum Gasteiger partial charge on any atom is -0.145 e. The molecule has 1 unspecified atom stereocenters. The summed E-state index contributed by atoms with van der Waals surface area (Å²) in [5.41, 5.74) is 2.80. The van der Waals surface area contributed by atoms with Crippen LogP contribution >= 0.6 is 27.3 Å². The third kappa shape index (κ3) is 2.74. The molecule has 1 aromatic carbocycles. The van der Waals surface area contributed by atoms with Gasteiger partial charge in [-0.05, 0) is 43.5 Å². The molecule has 1 heterocycles. The van der Waals surface area contributed by atoms with E-state index < -0.39 is 0 Å². The largest absolute Gasteiger partial charge is 0.145 e. The molecule has 0 radical (unpaired) electrons. The molecule has 2 heteroatoms. The first-order chi connectivity index (χ1) is 7.66. The second kappa shape index (κ2) is 5.15. The minimum absolute atomic E-state index is 0.437. The number of aryl methyl sites for hydroxylation is 2. The van der Waals surface area contributed by atoms with Crippen LogP contribution in [0.1, 0.15) is 25.7 Å². The zero-order valence-electron chi connectivity index (χ0n) is 9.53. The molecule has 0 bridgehead atoms. The van der Waals surface area contributed by atoms with Crippen molar-refractivity contribution in [1.82, 2.24) is 0 Å². The fourth-order valence-corrected chi connectivity index (χ4v) is 3.39. The van der Waals surface area contributed by atoms with Gasteiger partial charge in [-0.1, -0.05) is 40.2 Å². The molecular formula is C14H15BrS. The molecule has 2 aromatic rings. The van der Waals surface area contributed by atoms with Crippen LogP contribution < -0.4 is 0 Å². The lowest BCUT2D eigenvalue weighted by atomic mass is 10.0. The van der Waals surface area contributed by atoms with Crippen LogP contribution in [0.3, 0.4) is 0 Å². The first-order valence-corrected chi connectivity index (χ1v) is 7.15. The number of benzene rings is 1. The second-order valence-electron chi connectivity index (χ2n) is 4.05. The Balaban J connectivity index is 2.13. The summed E-state index contributed by atoms with van der Waals surface area (Å²) in [5.74, 6) is 0. The zero-order chi connectivity index (χ0) is 11.5. The summed E-state index contributed by atoms with van der Waals surface area (Å²) in [6.07, 6.45) is 1.06. The molecule has 0 aliphatic rings. The lowest BCUT2D eigenvalue weighted by Crippen LogP contribution is -1.95. The molecule has 0 spiro atoms. The van der Waals surface area contributed by atoms with Crippen molar-refractivity contribution in [2.75, 3.05) is 0 Å². The van der Waals surface area contributed by atoms with Crippen molar-refractivity contribution in [2.24, 2.45) is 0 Å². The van der Waals surface area contributed by atoms with Gasteiger partial charge in [0.05, 0.1) is 4.83 Å². The monoisotopic (exact) mass is 294 g/mol. The molecule has 1 aromatic heterocycles. The number of rotatable bonds is 3. The summed E-state index contributed by atoms with van der Waals surface area (Å²) in [6.45, 7) is 4.33. The quantitative estimate of drug-likeness (QED) is 0.696. The van der Waals surface area contributed by atoms with Crippen LogP contribution in [0, 0.1) is 13.8 Å². The standard InChI is InChI=1S/C14H15BrS/c1-10-5-3-4-6-12(10)9-13(15)14-8-7-11(2)16-14/h3-8,13H,9H2,1-2H3. The summed E-state index contributed by atoms with van der Waals surface area (Å²) in [4.78, 5) is 3.23. The van der Waals surface area contributed by atoms with E-state index in [1.54, 1.807) is 0 Å². The SMILES string of the molecule is Cc1ccc(C(Br)Cc2ccccc2C)s1. The molecule has 0 saturated carbocycles. The minimum atomic E-state index is 0.437. The Bertz CT molecular complexity index is 473. The highest BCUT2D eigenvalue weighted by Gasteiger charge is 2.11. The van der Waals surface area contributed by atoms with Crippen LogP contribution in [0.5, 0.6) is 0 Å². The smallest absolute Gasteiger partial charge is 0.0529 e. The average molecular weight is 295 g/mol. The van der Waals surface area contributed by atoms with Crippen molar-refractivity contribution in [3.63, 3.8) is 0 Å². The highest BCUT2D eigenvalue weighted by molar-refractivity contribution is 9.09. The van der Waals surface area contributed by atoms with Crippen molar-refractivity contribution in [2.45, 2.75) is 25.1 Å². The number of thiophene rings is 1. The lowest BCUT2D eigenvalue weighted by molar-refractivity contribution is 0.957. The molecule has 0 N–H and O–H groups in total. The Morgan fingerprint density at radius 1 is 1.12 bits per heavy atom. The van der Waals surface area contributed by atoms with Gasteiger partial charge in [-0.2, -0.15) is 0 Å². The highest BCUT2D eigenvalue weighted by atomic mass is 79.9. The Hall–Kier alpha value is -0.600. The van der Waals surface area contributed by atoms with Gasteiger partial charge in [0.15, 0.2) is 0 Å². The maximum absolute atomic E-state index is 3.78. The van der Waals surface area contributed by atoms with E-state index in [1.807, 2.05) is 11.3 Å². The third-order valence-corrected chi connectivity index (χ3v) is 4.96. The molecule has 0 saturated heterocycles. The molecule has 0 fully saturated rings. The second-order valence-corrected chi connectivity index (χ2v) is 6.47. The van der Waals surface area contributed by atoms with Gasteiger partial charge >= 0.3 is 0 Å². The number of halogens is 1. The Morgan fingerprint density at radius 2 is 1.88 bits per heavy atom. The van der Waals surface area contributed by atoms with Crippen molar-refractivity contribution >= 4 is 27.3 Å². The maximum atomic E-state index is 3.78. The van der Waals surface area contributed by atoms with Crippen molar-refractivity contribution in [3.05, 3.63) is 57.3 Å². The predicted molar refractivity (Wildman–Crippen MR) is 75.6 cm³/mol. The summed E-state index contributed by atoms with van der Waals surface area (Å²) >= 11 is 5.65. The van der Waals surface area contributed by atoms with Gasteiger partial charge in [0, 0.05) is 9.75 Å². The molecule has 0 nitrogen and oxygen atoms in total. The van der Waals surface area contributed by atoms with E-state index in [0.717, 1.165) is 6.42 Å². The molecular weight excluding hydrogens is 280 g/mol. The van der Waals surface area contributed by atoms with Crippen LogP contribution in [0.25, 0.3) is 0 Å². The van der Waals surface area contributed by atoms with Gasteiger partial charge in [-0.25, -0.2) is 0 Å². The molecule has 2 rings (SSSR count). The summed E-state index contributed by atoms with van der Waals surface area (Å²) in [7, 11) is 0. The van der Waals surface area contributed by atoms with E-state index in [9.17, 15) is 0 Å². The van der Waals surface area contributed by atoms with E-state index in [1.165, 1.54) is 20.9 Å². The Morgan fingerprint density at radius 3 is 2.50 bits per heavy atom. The normalized spacial score (nSPS) is 12.7. The zero-order valence-corrected chi connectivity index (χ0v) is 11.9. The van der Waals surface area contributed by atoms with E-state index >= 15 is 0 Å². The summed E-state index contributed by atoms with van der Waals surface area (Å²) in [5, 5.41) is 0. The molecule has 16 heavy (non-hydrogen) atoms. The topological polar surface area (TPSA) is 0 Å². The molecule has 84 valence electrons. The lowest BCUT2D eigenvalue weighted by Gasteiger charge is -2.10. The van der Waals surface area contributed by atoms with E-state index in [-0.39, 0.29) is 0 Å². The molecule has 0 aliphatic heterocycles. The Labute approximate surface area is 109 Å². The number of alkyl halides is 1. The van der Waals surface area contributed by atoms with Crippen LogP contribution in [0.4, 0.5) is 0 Å². The molecule has 0 aliphatic carbocycles. The maximum Gasteiger partial charge on any atom is 0.0529 e. The van der Waals surface area contributed by atoms with Crippen molar-refractivity contribution in [3.8, 4) is 0 Å². The average Bonchev–Trinajstić information content (AvgIpc) is 2.68. The third-order valence-electron chi connectivity index (χ3n) is 2.73. The Kier molecular flexibility index (Phi) is 3.82. The van der Waals surface area contributed by atoms with Gasteiger partial charge < -0.3 is 0 Å². The van der Waals surface area contributed by atoms with Gasteiger partial charge in [0.2, 0.25) is 0 Å². The van der Waals surface area contributed by atoms with Crippen molar-refractivity contribution in [1.29, 1.82) is 0 Å². The van der Waals surface area contributed by atoms with E-state index in [0.29, 0.717) is 4.83 Å². The van der Waals surface area contributed by atoms with Gasteiger partial charge in [-0.15, -0.1) is 11.3 Å². The highest BCUT2D eigenvalue weighted by Crippen LogP contribution is 2.32. The first-order valence-electron chi connectivity index (χ1n) is 5.41. The first kappa shape index (κ1) is 11.9. The fraction of sp³-hybridized carbons (Fsp3) is 0.286. The summed E-state index contributed by atoms with van der Waals surface area (Å²) in [6, 6.07) is 13.0. The van der Waals surface area contributed by atoms with Crippen LogP contribution in [-0.2, 0) is 6.42 Å². The molecule has 0 amide bonds. The van der Waals surface area contributed by atoms with Crippen molar-refractivity contribution < 1.29 is 0 Å². The van der Waals surface area contributed by atoms with Gasteiger partial charge in [0.1, 0.15) is 0 Å². The van der Waals surface area contributed by atoms with E-state index in [2.05, 4.69) is 66.2 Å². The van der Waals surface area contributed by atoms with Crippen LogP contribution in [0.2, 0.25) is 0 Å².